The highest BCUT2D eigenvalue weighted by Crippen LogP contribution is 2.43. The van der Waals surface area contributed by atoms with Gasteiger partial charge in [0.1, 0.15) is 17.2 Å². The summed E-state index contributed by atoms with van der Waals surface area (Å²) in [6.45, 7) is 7.31. The van der Waals surface area contributed by atoms with Crippen molar-refractivity contribution >= 4 is 23.3 Å². The van der Waals surface area contributed by atoms with Gasteiger partial charge in [-0.2, -0.15) is 0 Å². The van der Waals surface area contributed by atoms with Gasteiger partial charge in [-0.1, -0.05) is 26.2 Å². The first-order chi connectivity index (χ1) is 14.1. The SMILES string of the molecule is CCCCC1CCC(C(O)=C2C(=O)N(C(=O)OC(C)(C)C)c3ccc(F)cc32)CC1. The predicted molar refractivity (Wildman–Crippen MR) is 115 cm³/mol. The van der Waals surface area contributed by atoms with Crippen molar-refractivity contribution in [2.45, 2.75) is 78.2 Å². The maximum Gasteiger partial charge on any atom is 0.422 e. The Morgan fingerprint density at radius 3 is 2.50 bits per heavy atom. The Balaban J connectivity index is 1.90. The van der Waals surface area contributed by atoms with Crippen LogP contribution in [-0.4, -0.2) is 22.7 Å². The molecule has 1 aromatic carbocycles. The molecule has 0 bridgehead atoms. The highest BCUT2D eigenvalue weighted by molar-refractivity contribution is 6.39. The fourth-order valence-corrected chi connectivity index (χ4v) is 4.40. The smallest absolute Gasteiger partial charge is 0.422 e. The molecule has 0 unspecified atom stereocenters. The number of benzene rings is 1. The number of halogens is 1. The van der Waals surface area contributed by atoms with E-state index < -0.39 is 23.4 Å². The highest BCUT2D eigenvalue weighted by atomic mass is 19.1. The molecule has 164 valence electrons. The van der Waals surface area contributed by atoms with Gasteiger partial charge in [-0.15, -0.1) is 0 Å². The van der Waals surface area contributed by atoms with Crippen LogP contribution in [0.5, 0.6) is 0 Å². The van der Waals surface area contributed by atoms with Crippen LogP contribution in [0.4, 0.5) is 14.9 Å². The summed E-state index contributed by atoms with van der Waals surface area (Å²) >= 11 is 0. The van der Waals surface area contributed by atoms with Gasteiger partial charge in [0.05, 0.1) is 11.3 Å². The number of anilines is 1. The van der Waals surface area contributed by atoms with E-state index in [-0.39, 0.29) is 28.5 Å². The lowest BCUT2D eigenvalue weighted by atomic mass is 9.78. The number of rotatable bonds is 4. The van der Waals surface area contributed by atoms with Crippen molar-refractivity contribution in [1.29, 1.82) is 0 Å². The Labute approximate surface area is 177 Å². The Morgan fingerprint density at radius 1 is 1.23 bits per heavy atom. The molecular formula is C24H32FNO4. The molecular weight excluding hydrogens is 385 g/mol. The van der Waals surface area contributed by atoms with Crippen molar-refractivity contribution in [2.75, 3.05) is 4.90 Å². The second-order valence-corrected chi connectivity index (χ2v) is 9.40. The second kappa shape index (κ2) is 8.78. The van der Waals surface area contributed by atoms with E-state index in [1.54, 1.807) is 20.8 Å². The molecule has 1 aliphatic carbocycles. The quantitative estimate of drug-likeness (QED) is 0.456. The van der Waals surface area contributed by atoms with Gasteiger partial charge in [0, 0.05) is 11.5 Å². The van der Waals surface area contributed by atoms with E-state index in [9.17, 15) is 19.1 Å². The van der Waals surface area contributed by atoms with E-state index in [1.807, 2.05) is 0 Å². The number of imide groups is 1. The summed E-state index contributed by atoms with van der Waals surface area (Å²) in [4.78, 5) is 26.8. The van der Waals surface area contributed by atoms with Gasteiger partial charge in [0.25, 0.3) is 5.91 Å². The Morgan fingerprint density at radius 2 is 1.90 bits per heavy atom. The topological polar surface area (TPSA) is 66.8 Å². The summed E-state index contributed by atoms with van der Waals surface area (Å²) in [5, 5.41) is 11.0. The summed E-state index contributed by atoms with van der Waals surface area (Å²) in [7, 11) is 0. The fraction of sp³-hybridized carbons (Fsp3) is 0.583. The number of amides is 2. The maximum atomic E-state index is 14.0. The van der Waals surface area contributed by atoms with Crippen molar-refractivity contribution in [1.82, 2.24) is 0 Å². The first kappa shape index (κ1) is 22.3. The van der Waals surface area contributed by atoms with Gasteiger partial charge < -0.3 is 9.84 Å². The van der Waals surface area contributed by atoms with Gasteiger partial charge in [0.15, 0.2) is 0 Å². The predicted octanol–water partition coefficient (Wildman–Crippen LogP) is 6.37. The van der Waals surface area contributed by atoms with Crippen LogP contribution in [-0.2, 0) is 9.53 Å². The number of hydrogen-bond donors (Lipinski definition) is 1. The van der Waals surface area contributed by atoms with Crippen LogP contribution in [0, 0.1) is 17.7 Å². The van der Waals surface area contributed by atoms with Crippen LogP contribution in [0.1, 0.15) is 78.2 Å². The lowest BCUT2D eigenvalue weighted by Crippen LogP contribution is -2.38. The Hall–Kier alpha value is -2.37. The summed E-state index contributed by atoms with van der Waals surface area (Å²) in [5.41, 5.74) is -0.277. The standard InChI is InChI=1S/C24H32FNO4/c1-5-6-7-15-8-10-16(11-9-15)21(27)20-18-14-17(25)12-13-19(18)26(22(20)28)23(29)30-24(2,3)4/h12-16,27H,5-11H2,1-4H3. The number of unbranched alkanes of at least 4 members (excludes halogenated alkanes) is 1. The number of ether oxygens (including phenoxy) is 1. The molecule has 0 spiro atoms. The number of allylic oxidation sites excluding steroid dienone is 1. The summed E-state index contributed by atoms with van der Waals surface area (Å²) in [6, 6.07) is 3.78. The maximum absolute atomic E-state index is 14.0. The number of carbonyl (C=O) groups is 2. The fourth-order valence-electron chi connectivity index (χ4n) is 4.40. The van der Waals surface area contributed by atoms with Crippen molar-refractivity contribution in [3.05, 3.63) is 35.3 Å². The number of aliphatic hydroxyl groups is 1. The Kier molecular flexibility index (Phi) is 6.53. The molecule has 1 fully saturated rings. The zero-order valence-corrected chi connectivity index (χ0v) is 18.3. The van der Waals surface area contributed by atoms with Gasteiger partial charge in [-0.05, 0) is 70.6 Å². The van der Waals surface area contributed by atoms with E-state index in [4.69, 9.17) is 4.74 Å². The monoisotopic (exact) mass is 417 g/mol. The molecule has 2 amide bonds. The molecule has 2 aliphatic rings. The minimum absolute atomic E-state index is 0.0207. The Bertz CT molecular complexity index is 847. The minimum Gasteiger partial charge on any atom is -0.511 e. The van der Waals surface area contributed by atoms with Crippen LogP contribution < -0.4 is 4.90 Å². The van der Waals surface area contributed by atoms with E-state index in [2.05, 4.69) is 6.92 Å². The number of aliphatic hydroxyl groups excluding tert-OH is 1. The number of fused-ring (bicyclic) bond motifs is 1. The number of hydrogen-bond acceptors (Lipinski definition) is 4. The van der Waals surface area contributed by atoms with Gasteiger partial charge in [0.2, 0.25) is 0 Å². The van der Waals surface area contributed by atoms with Crippen molar-refractivity contribution < 1.29 is 23.8 Å². The number of carbonyl (C=O) groups excluding carboxylic acids is 2. The summed E-state index contributed by atoms with van der Waals surface area (Å²) < 4.78 is 19.4. The average molecular weight is 418 g/mol. The van der Waals surface area contributed by atoms with E-state index >= 15 is 0 Å². The molecule has 1 aromatic rings. The second-order valence-electron chi connectivity index (χ2n) is 9.40. The zero-order valence-electron chi connectivity index (χ0n) is 18.3. The lowest BCUT2D eigenvalue weighted by Gasteiger charge is -2.28. The highest BCUT2D eigenvalue weighted by Gasteiger charge is 2.42. The molecule has 0 saturated heterocycles. The van der Waals surface area contributed by atoms with Gasteiger partial charge >= 0.3 is 6.09 Å². The van der Waals surface area contributed by atoms with Crippen LogP contribution in [0.2, 0.25) is 0 Å². The normalized spacial score (nSPS) is 23.4. The molecule has 1 heterocycles. The molecule has 1 N–H and O–H groups in total. The third kappa shape index (κ3) is 4.68. The van der Waals surface area contributed by atoms with Gasteiger partial charge in [-0.3, -0.25) is 4.79 Å². The van der Waals surface area contributed by atoms with E-state index in [1.165, 1.54) is 37.5 Å². The molecule has 0 aromatic heterocycles. The third-order valence-corrected chi connectivity index (χ3v) is 5.92. The molecule has 6 heteroatoms. The molecule has 5 nitrogen and oxygen atoms in total. The molecule has 0 atom stereocenters. The van der Waals surface area contributed by atoms with Crippen molar-refractivity contribution in [3.63, 3.8) is 0 Å². The van der Waals surface area contributed by atoms with Crippen molar-refractivity contribution in [3.8, 4) is 0 Å². The first-order valence-electron chi connectivity index (χ1n) is 10.9. The minimum atomic E-state index is -0.827. The summed E-state index contributed by atoms with van der Waals surface area (Å²) in [6.07, 6.45) is 6.32. The number of nitrogens with zero attached hydrogens (tertiary/aromatic N) is 1. The largest absolute Gasteiger partial charge is 0.511 e. The molecule has 1 saturated carbocycles. The molecule has 3 rings (SSSR count). The summed E-state index contributed by atoms with van der Waals surface area (Å²) in [5.74, 6) is -0.721. The van der Waals surface area contributed by atoms with E-state index in [0.717, 1.165) is 30.6 Å². The van der Waals surface area contributed by atoms with Crippen LogP contribution >= 0.6 is 0 Å². The molecule has 1 aliphatic heterocycles. The average Bonchev–Trinajstić information content (AvgIpc) is 2.96. The lowest BCUT2D eigenvalue weighted by molar-refractivity contribution is -0.113. The third-order valence-electron chi connectivity index (χ3n) is 5.92. The van der Waals surface area contributed by atoms with Gasteiger partial charge in [-0.25, -0.2) is 14.1 Å². The first-order valence-corrected chi connectivity index (χ1v) is 10.9. The van der Waals surface area contributed by atoms with Crippen LogP contribution in [0.3, 0.4) is 0 Å². The molecule has 30 heavy (non-hydrogen) atoms. The van der Waals surface area contributed by atoms with Crippen LogP contribution in [0.15, 0.2) is 24.0 Å². The molecule has 0 radical (unpaired) electrons. The van der Waals surface area contributed by atoms with E-state index in [0.29, 0.717) is 5.92 Å². The van der Waals surface area contributed by atoms with Crippen molar-refractivity contribution in [2.24, 2.45) is 11.8 Å². The zero-order chi connectivity index (χ0) is 22.1. The van der Waals surface area contributed by atoms with Crippen LogP contribution in [0.25, 0.3) is 5.57 Å².